The van der Waals surface area contributed by atoms with Crippen LogP contribution in [0.15, 0.2) is 0 Å². The van der Waals surface area contributed by atoms with Crippen LogP contribution in [-0.2, 0) is 14.4 Å². The summed E-state index contributed by atoms with van der Waals surface area (Å²) in [4.78, 5) is 27.0. The van der Waals surface area contributed by atoms with Crippen LogP contribution in [0.1, 0.15) is 20.8 Å². The van der Waals surface area contributed by atoms with E-state index in [4.69, 9.17) is 29.7 Å². The Morgan fingerprint density at radius 3 is 0.762 bits per heavy atom. The lowest BCUT2D eigenvalue weighted by atomic mass is 10.6. The zero-order valence-corrected chi connectivity index (χ0v) is 12.8. The summed E-state index contributed by atoms with van der Waals surface area (Å²) in [5, 5.41) is 32.2. The van der Waals surface area contributed by atoms with E-state index in [-0.39, 0.29) is 0 Å². The van der Waals surface area contributed by atoms with Gasteiger partial charge in [-0.15, -0.1) is 0 Å². The van der Waals surface area contributed by atoms with E-state index in [2.05, 4.69) is 16.0 Å². The summed E-state index contributed by atoms with van der Waals surface area (Å²) in [6, 6.07) is 0. The van der Waals surface area contributed by atoms with Crippen LogP contribution in [0.25, 0.3) is 0 Å². The van der Waals surface area contributed by atoms with Crippen molar-refractivity contribution < 1.29 is 29.7 Å². The van der Waals surface area contributed by atoms with Crippen LogP contribution in [0.2, 0.25) is 0 Å². The molecule has 0 amide bonds. The summed E-state index contributed by atoms with van der Waals surface area (Å²) >= 11 is 0. The first-order valence-electron chi connectivity index (χ1n) is 6.40. The van der Waals surface area contributed by atoms with Crippen molar-refractivity contribution in [1.82, 2.24) is 16.0 Å². The average Bonchev–Trinajstić information content (AvgIpc) is 2.41. The predicted molar refractivity (Wildman–Crippen MR) is 78.5 cm³/mol. The molecule has 0 saturated carbocycles. The normalized spacial score (nSPS) is 13.9. The number of aliphatic carboxylic acids is 3. The van der Waals surface area contributed by atoms with E-state index in [0.29, 0.717) is 0 Å². The molecule has 1 fully saturated rings. The molecular weight excluding hydrogens is 282 g/mol. The first-order chi connectivity index (χ1) is 9.70. The first kappa shape index (κ1) is 24.3. The SMILES string of the molecule is C1CNCCNCCN1.CC(=O)O.CC(=O)O.CC(=O)O. The number of nitrogens with one attached hydrogen (secondary N) is 3. The molecule has 0 aliphatic carbocycles. The Morgan fingerprint density at radius 1 is 0.571 bits per heavy atom. The number of carboxylic acid groups (broad SMARTS) is 3. The number of carboxylic acids is 3. The zero-order chi connectivity index (χ0) is 17.1. The van der Waals surface area contributed by atoms with Gasteiger partial charge in [-0.05, 0) is 0 Å². The third kappa shape index (κ3) is 91.3. The molecule has 0 spiro atoms. The first-order valence-corrected chi connectivity index (χ1v) is 6.40. The lowest BCUT2D eigenvalue weighted by molar-refractivity contribution is -0.135. The van der Waals surface area contributed by atoms with Crippen molar-refractivity contribution >= 4 is 17.9 Å². The highest BCUT2D eigenvalue weighted by molar-refractivity contribution is 5.63. The van der Waals surface area contributed by atoms with E-state index in [9.17, 15) is 0 Å². The van der Waals surface area contributed by atoms with Gasteiger partial charge in [0, 0.05) is 60.0 Å². The van der Waals surface area contributed by atoms with E-state index in [1.165, 1.54) is 0 Å². The Labute approximate surface area is 124 Å². The highest BCUT2D eigenvalue weighted by Crippen LogP contribution is 1.65. The minimum Gasteiger partial charge on any atom is -0.481 e. The molecule has 0 atom stereocenters. The molecular formula is C12H27N3O6. The Morgan fingerprint density at radius 2 is 0.667 bits per heavy atom. The van der Waals surface area contributed by atoms with Gasteiger partial charge in [0.15, 0.2) is 0 Å². The van der Waals surface area contributed by atoms with E-state index in [0.717, 1.165) is 60.0 Å². The van der Waals surface area contributed by atoms with Crippen LogP contribution in [-0.4, -0.2) is 72.5 Å². The van der Waals surface area contributed by atoms with Crippen molar-refractivity contribution in [3.8, 4) is 0 Å². The molecule has 0 radical (unpaired) electrons. The molecule has 0 aromatic heterocycles. The van der Waals surface area contributed by atoms with Crippen molar-refractivity contribution in [2.75, 3.05) is 39.3 Å². The van der Waals surface area contributed by atoms with E-state index in [1.54, 1.807) is 0 Å². The van der Waals surface area contributed by atoms with Crippen molar-refractivity contribution in [3.63, 3.8) is 0 Å². The Bertz CT molecular complexity index is 205. The Kier molecular flexibility index (Phi) is 23.9. The van der Waals surface area contributed by atoms with Gasteiger partial charge in [0.05, 0.1) is 0 Å². The summed E-state index contributed by atoms with van der Waals surface area (Å²) < 4.78 is 0. The van der Waals surface area contributed by atoms with Gasteiger partial charge in [-0.1, -0.05) is 0 Å². The molecule has 9 nitrogen and oxygen atoms in total. The lowest BCUT2D eigenvalue weighted by Gasteiger charge is -1.99. The summed E-state index contributed by atoms with van der Waals surface area (Å²) in [6.07, 6.45) is 0. The standard InChI is InChI=1S/C6H15N3.3C2H4O2/c1-2-8-5-6-9-4-3-7-1;3*1-2(3)4/h7-9H,1-6H2;3*1H3,(H,3,4). The number of carbonyl (C=O) groups is 3. The van der Waals surface area contributed by atoms with Crippen molar-refractivity contribution in [1.29, 1.82) is 0 Å². The Balaban J connectivity index is -0.000000230. The molecule has 1 heterocycles. The highest BCUT2D eigenvalue weighted by atomic mass is 16.4. The predicted octanol–water partition coefficient (Wildman–Crippen LogP) is -0.958. The third-order valence-corrected chi connectivity index (χ3v) is 1.44. The molecule has 1 rings (SSSR count). The van der Waals surface area contributed by atoms with Crippen LogP contribution < -0.4 is 16.0 Å². The van der Waals surface area contributed by atoms with Gasteiger partial charge in [0.2, 0.25) is 0 Å². The fourth-order valence-electron chi connectivity index (χ4n) is 0.905. The van der Waals surface area contributed by atoms with Crippen molar-refractivity contribution in [2.45, 2.75) is 20.8 Å². The Hall–Kier alpha value is -1.71. The van der Waals surface area contributed by atoms with E-state index >= 15 is 0 Å². The molecule has 0 unspecified atom stereocenters. The minimum atomic E-state index is -0.833. The molecule has 0 aromatic carbocycles. The van der Waals surface area contributed by atoms with Crippen LogP contribution in [0, 0.1) is 0 Å². The van der Waals surface area contributed by atoms with Crippen LogP contribution in [0.4, 0.5) is 0 Å². The topological polar surface area (TPSA) is 148 Å². The van der Waals surface area contributed by atoms with Gasteiger partial charge < -0.3 is 31.3 Å². The van der Waals surface area contributed by atoms with Gasteiger partial charge in [0.1, 0.15) is 0 Å². The molecule has 1 aliphatic heterocycles. The fourth-order valence-corrected chi connectivity index (χ4v) is 0.905. The second-order valence-corrected chi connectivity index (χ2v) is 3.81. The third-order valence-electron chi connectivity index (χ3n) is 1.44. The second kappa shape index (κ2) is 20.6. The molecule has 0 bridgehead atoms. The number of hydrogen-bond donors (Lipinski definition) is 6. The summed E-state index contributed by atoms with van der Waals surface area (Å²) in [6.45, 7) is 9.84. The van der Waals surface area contributed by atoms with Gasteiger partial charge in [0.25, 0.3) is 17.9 Å². The summed E-state index contributed by atoms with van der Waals surface area (Å²) in [5.41, 5.74) is 0. The molecule has 6 N–H and O–H groups in total. The number of hydrogen-bond acceptors (Lipinski definition) is 6. The monoisotopic (exact) mass is 309 g/mol. The van der Waals surface area contributed by atoms with Crippen molar-refractivity contribution in [3.05, 3.63) is 0 Å². The van der Waals surface area contributed by atoms with Crippen LogP contribution in [0.3, 0.4) is 0 Å². The molecule has 9 heteroatoms. The maximum Gasteiger partial charge on any atom is 0.300 e. The van der Waals surface area contributed by atoms with Crippen LogP contribution in [0.5, 0.6) is 0 Å². The van der Waals surface area contributed by atoms with Gasteiger partial charge in [-0.3, -0.25) is 14.4 Å². The minimum absolute atomic E-state index is 0.833. The average molecular weight is 309 g/mol. The summed E-state index contributed by atoms with van der Waals surface area (Å²) in [5.74, 6) is -2.50. The summed E-state index contributed by atoms with van der Waals surface area (Å²) in [7, 11) is 0. The largest absolute Gasteiger partial charge is 0.481 e. The maximum atomic E-state index is 9.00. The van der Waals surface area contributed by atoms with Gasteiger partial charge >= 0.3 is 0 Å². The second-order valence-electron chi connectivity index (χ2n) is 3.81. The molecule has 21 heavy (non-hydrogen) atoms. The fraction of sp³-hybridized carbons (Fsp3) is 0.750. The number of rotatable bonds is 0. The van der Waals surface area contributed by atoms with Gasteiger partial charge in [-0.2, -0.15) is 0 Å². The van der Waals surface area contributed by atoms with Crippen molar-refractivity contribution in [2.24, 2.45) is 0 Å². The lowest BCUT2D eigenvalue weighted by Crippen LogP contribution is -2.27. The molecule has 0 aromatic rings. The molecule has 1 aliphatic rings. The molecule has 126 valence electrons. The van der Waals surface area contributed by atoms with Gasteiger partial charge in [-0.25, -0.2) is 0 Å². The highest BCUT2D eigenvalue weighted by Gasteiger charge is 1.91. The van der Waals surface area contributed by atoms with Crippen LogP contribution >= 0.6 is 0 Å². The van der Waals surface area contributed by atoms with E-state index < -0.39 is 17.9 Å². The zero-order valence-electron chi connectivity index (χ0n) is 12.8. The quantitative estimate of drug-likeness (QED) is 0.333. The maximum absolute atomic E-state index is 9.00. The smallest absolute Gasteiger partial charge is 0.300 e. The molecule has 1 saturated heterocycles. The van der Waals surface area contributed by atoms with E-state index in [1.807, 2.05) is 0 Å².